The van der Waals surface area contributed by atoms with Crippen LogP contribution < -0.4 is 24.2 Å². The van der Waals surface area contributed by atoms with Crippen molar-refractivity contribution in [3.05, 3.63) is 53.9 Å². The van der Waals surface area contributed by atoms with Gasteiger partial charge in [0.2, 0.25) is 5.91 Å². The molecule has 0 bridgehead atoms. The minimum absolute atomic E-state index is 0.104. The molecule has 0 saturated carbocycles. The lowest BCUT2D eigenvalue weighted by atomic mass is 10.1. The number of ether oxygens (including phenoxy) is 3. The SMILES string of the molecule is COc1cccc(OC)c1S(=O)Nc1noc2cc(Cn3cc(CNC(C)=O)cn3)cc(OC)c12. The number of methoxy groups -OCH3 is 3. The quantitative estimate of drug-likeness (QED) is 0.341. The smallest absolute Gasteiger partial charge is 0.217 e. The summed E-state index contributed by atoms with van der Waals surface area (Å²) >= 11 is 0. The van der Waals surface area contributed by atoms with Gasteiger partial charge in [0.25, 0.3) is 0 Å². The van der Waals surface area contributed by atoms with Crippen molar-refractivity contribution in [2.45, 2.75) is 24.9 Å². The highest BCUT2D eigenvalue weighted by atomic mass is 32.2. The molecule has 0 saturated heterocycles. The van der Waals surface area contributed by atoms with Crippen molar-refractivity contribution in [2.24, 2.45) is 0 Å². The zero-order valence-corrected chi connectivity index (χ0v) is 20.5. The predicted molar refractivity (Wildman–Crippen MR) is 129 cm³/mol. The van der Waals surface area contributed by atoms with Crippen molar-refractivity contribution >= 4 is 33.7 Å². The third-order valence-electron chi connectivity index (χ3n) is 5.15. The van der Waals surface area contributed by atoms with Crippen molar-refractivity contribution in [3.8, 4) is 17.2 Å². The summed E-state index contributed by atoms with van der Waals surface area (Å²) in [6, 6.07) is 8.80. The summed E-state index contributed by atoms with van der Waals surface area (Å²) in [6.45, 7) is 2.32. The molecule has 0 aliphatic heterocycles. The van der Waals surface area contributed by atoms with E-state index < -0.39 is 11.0 Å². The van der Waals surface area contributed by atoms with E-state index in [0.29, 0.717) is 46.2 Å². The second-order valence-corrected chi connectivity index (χ2v) is 8.67. The maximum atomic E-state index is 13.2. The van der Waals surface area contributed by atoms with Crippen LogP contribution in [-0.2, 0) is 28.9 Å². The molecular formula is C23H25N5O6S. The van der Waals surface area contributed by atoms with Crippen LogP contribution >= 0.6 is 0 Å². The summed E-state index contributed by atoms with van der Waals surface area (Å²) in [5, 5.41) is 11.7. The van der Waals surface area contributed by atoms with E-state index in [-0.39, 0.29) is 11.7 Å². The Kier molecular flexibility index (Phi) is 7.20. The summed E-state index contributed by atoms with van der Waals surface area (Å²) < 4.78 is 39.6. The number of carbonyl (C=O) groups excluding carboxylic acids is 1. The van der Waals surface area contributed by atoms with Gasteiger partial charge >= 0.3 is 0 Å². The van der Waals surface area contributed by atoms with E-state index in [2.05, 4.69) is 20.3 Å². The number of hydrogen-bond donors (Lipinski definition) is 2. The van der Waals surface area contributed by atoms with Gasteiger partial charge in [-0.05, 0) is 29.8 Å². The fourth-order valence-electron chi connectivity index (χ4n) is 3.55. The number of nitrogens with zero attached hydrogens (tertiary/aromatic N) is 3. The summed E-state index contributed by atoms with van der Waals surface area (Å²) in [4.78, 5) is 11.5. The van der Waals surface area contributed by atoms with Crippen LogP contribution in [0.1, 0.15) is 18.1 Å². The number of nitrogens with one attached hydrogen (secondary N) is 2. The molecule has 4 aromatic rings. The molecule has 2 N–H and O–H groups in total. The van der Waals surface area contributed by atoms with Gasteiger partial charge in [-0.25, -0.2) is 4.21 Å². The van der Waals surface area contributed by atoms with E-state index in [1.165, 1.54) is 28.3 Å². The molecule has 0 radical (unpaired) electrons. The molecule has 0 spiro atoms. The van der Waals surface area contributed by atoms with Crippen molar-refractivity contribution in [3.63, 3.8) is 0 Å². The Labute approximate surface area is 203 Å². The Bertz CT molecular complexity index is 1360. The Morgan fingerprint density at radius 2 is 1.80 bits per heavy atom. The molecular weight excluding hydrogens is 474 g/mol. The minimum atomic E-state index is -1.76. The van der Waals surface area contributed by atoms with Crippen LogP contribution in [-0.4, -0.2) is 46.4 Å². The third-order valence-corrected chi connectivity index (χ3v) is 6.30. The number of benzene rings is 2. The molecule has 1 atom stereocenters. The molecule has 2 heterocycles. The number of rotatable bonds is 10. The minimum Gasteiger partial charge on any atom is -0.496 e. The van der Waals surface area contributed by atoms with Crippen LogP contribution in [0.3, 0.4) is 0 Å². The van der Waals surface area contributed by atoms with Gasteiger partial charge in [0.05, 0.1) is 34.1 Å². The number of aromatic nitrogens is 3. The molecule has 0 aliphatic rings. The Hall–Kier alpha value is -4.06. The standard InChI is InChI=1S/C23H25N5O6S/c1-14(29)24-10-16-11-25-28(13-16)12-15-8-19(33-4)21-20(9-15)34-26-23(21)27-35(30)22-17(31-2)6-5-7-18(22)32-3/h5-9,11,13H,10,12H2,1-4H3,(H,24,29)(H,26,27). The fourth-order valence-corrected chi connectivity index (χ4v) is 4.63. The highest BCUT2D eigenvalue weighted by molar-refractivity contribution is 7.86. The lowest BCUT2D eigenvalue weighted by Gasteiger charge is -2.13. The summed E-state index contributed by atoms with van der Waals surface area (Å²) in [5.74, 6) is 1.47. The zero-order chi connectivity index (χ0) is 24.9. The summed E-state index contributed by atoms with van der Waals surface area (Å²) in [7, 11) is 2.76. The van der Waals surface area contributed by atoms with Crippen molar-refractivity contribution in [2.75, 3.05) is 26.1 Å². The first-order chi connectivity index (χ1) is 16.9. The first-order valence-electron chi connectivity index (χ1n) is 10.5. The van der Waals surface area contributed by atoms with E-state index >= 15 is 0 Å². The summed E-state index contributed by atoms with van der Waals surface area (Å²) in [6.07, 6.45) is 3.55. The van der Waals surface area contributed by atoms with Crippen molar-refractivity contribution < 1.29 is 27.7 Å². The van der Waals surface area contributed by atoms with Crippen LogP contribution in [0, 0.1) is 0 Å². The molecule has 0 fully saturated rings. The van der Waals surface area contributed by atoms with Gasteiger partial charge in [0.1, 0.15) is 27.5 Å². The number of hydrogen-bond acceptors (Lipinski definition) is 8. The first kappa shape index (κ1) is 24.1. The first-order valence-corrected chi connectivity index (χ1v) is 11.7. The fraction of sp³-hybridized carbons (Fsp3) is 0.261. The second kappa shape index (κ2) is 10.5. The average Bonchev–Trinajstić information content (AvgIpc) is 3.48. The lowest BCUT2D eigenvalue weighted by molar-refractivity contribution is -0.119. The van der Waals surface area contributed by atoms with Gasteiger partial charge in [-0.3, -0.25) is 14.2 Å². The van der Waals surface area contributed by atoms with E-state index in [0.717, 1.165) is 11.1 Å². The Balaban J connectivity index is 1.60. The molecule has 1 amide bonds. The topological polar surface area (TPSA) is 130 Å². The van der Waals surface area contributed by atoms with E-state index in [9.17, 15) is 9.00 Å². The summed E-state index contributed by atoms with van der Waals surface area (Å²) in [5.41, 5.74) is 2.20. The van der Waals surface area contributed by atoms with Crippen LogP contribution in [0.15, 0.2) is 52.1 Å². The van der Waals surface area contributed by atoms with E-state index in [1.807, 2.05) is 18.3 Å². The van der Waals surface area contributed by atoms with Gasteiger partial charge in [-0.1, -0.05) is 11.2 Å². The zero-order valence-electron chi connectivity index (χ0n) is 19.7. The monoisotopic (exact) mass is 499 g/mol. The number of fused-ring (bicyclic) bond motifs is 1. The van der Waals surface area contributed by atoms with Crippen LogP contribution in [0.4, 0.5) is 5.82 Å². The highest BCUT2D eigenvalue weighted by Gasteiger charge is 2.22. The number of amides is 1. The molecule has 2 aromatic carbocycles. The molecule has 4 rings (SSSR count). The molecule has 0 aliphatic carbocycles. The molecule has 184 valence electrons. The highest BCUT2D eigenvalue weighted by Crippen LogP contribution is 2.37. The predicted octanol–water partition coefficient (Wildman–Crippen LogP) is 2.87. The van der Waals surface area contributed by atoms with Gasteiger partial charge < -0.3 is 24.1 Å². The van der Waals surface area contributed by atoms with Crippen LogP contribution in [0.2, 0.25) is 0 Å². The third kappa shape index (κ3) is 5.22. The van der Waals surface area contributed by atoms with Gasteiger partial charge in [-0.2, -0.15) is 5.10 Å². The largest absolute Gasteiger partial charge is 0.496 e. The Morgan fingerprint density at radius 1 is 1.09 bits per heavy atom. The van der Waals surface area contributed by atoms with Crippen molar-refractivity contribution in [1.82, 2.24) is 20.3 Å². The van der Waals surface area contributed by atoms with Gasteiger partial charge in [0, 0.05) is 25.2 Å². The van der Waals surface area contributed by atoms with Crippen LogP contribution in [0.5, 0.6) is 17.2 Å². The molecule has 11 nitrogen and oxygen atoms in total. The number of anilines is 1. The molecule has 1 unspecified atom stereocenters. The van der Waals surface area contributed by atoms with E-state index in [4.69, 9.17) is 18.7 Å². The van der Waals surface area contributed by atoms with E-state index in [1.54, 1.807) is 29.1 Å². The van der Waals surface area contributed by atoms with Crippen LogP contribution in [0.25, 0.3) is 11.0 Å². The van der Waals surface area contributed by atoms with Crippen molar-refractivity contribution in [1.29, 1.82) is 0 Å². The molecule has 12 heteroatoms. The molecule has 35 heavy (non-hydrogen) atoms. The maximum Gasteiger partial charge on any atom is 0.217 e. The van der Waals surface area contributed by atoms with Gasteiger partial charge in [0.15, 0.2) is 22.4 Å². The normalized spacial score (nSPS) is 11.8. The second-order valence-electron chi connectivity index (χ2n) is 7.52. The Morgan fingerprint density at radius 3 is 2.46 bits per heavy atom. The molecule has 2 aromatic heterocycles. The average molecular weight is 500 g/mol. The van der Waals surface area contributed by atoms with Gasteiger partial charge in [-0.15, -0.1) is 0 Å². The maximum absolute atomic E-state index is 13.2. The number of carbonyl (C=O) groups is 1. The lowest BCUT2D eigenvalue weighted by Crippen LogP contribution is -2.18.